The fourth-order valence-electron chi connectivity index (χ4n) is 2.01. The van der Waals surface area contributed by atoms with Crippen LogP contribution in [0, 0.1) is 12.8 Å². The molecule has 2 aromatic rings. The molecule has 6 nitrogen and oxygen atoms in total. The van der Waals surface area contributed by atoms with E-state index in [0.717, 1.165) is 17.2 Å². The van der Waals surface area contributed by atoms with E-state index in [9.17, 15) is 4.79 Å². The van der Waals surface area contributed by atoms with Crippen molar-refractivity contribution in [2.45, 2.75) is 33.6 Å². The first kappa shape index (κ1) is 13.5. The summed E-state index contributed by atoms with van der Waals surface area (Å²) >= 11 is 0. The summed E-state index contributed by atoms with van der Waals surface area (Å²) in [5, 5.41) is 15.7. The normalized spacial score (nSPS) is 12.9. The van der Waals surface area contributed by atoms with Gasteiger partial charge in [0, 0.05) is 19.4 Å². The maximum Gasteiger partial charge on any atom is 0.216 e. The first-order valence-corrected chi connectivity index (χ1v) is 6.42. The van der Waals surface area contributed by atoms with E-state index in [1.807, 2.05) is 19.1 Å². The zero-order valence-electron chi connectivity index (χ0n) is 11.7. The monoisotopic (exact) mass is 261 g/mol. The minimum Gasteiger partial charge on any atom is -0.356 e. The molecule has 0 bridgehead atoms. The lowest BCUT2D eigenvalue weighted by Crippen LogP contribution is -2.29. The number of hydrogen-bond acceptors (Lipinski definition) is 4. The SMILES string of the molecule is CC(=O)NCC(c1nnc2ccc(C)nn12)C(C)C. The van der Waals surface area contributed by atoms with Crippen molar-refractivity contribution in [3.8, 4) is 0 Å². The average Bonchev–Trinajstić information content (AvgIpc) is 2.72. The molecule has 6 heteroatoms. The fraction of sp³-hybridized carbons (Fsp3) is 0.538. The zero-order valence-corrected chi connectivity index (χ0v) is 11.7. The predicted molar refractivity (Wildman–Crippen MR) is 71.8 cm³/mol. The van der Waals surface area contributed by atoms with Gasteiger partial charge >= 0.3 is 0 Å². The summed E-state index contributed by atoms with van der Waals surface area (Å²) in [6.07, 6.45) is 0. The van der Waals surface area contributed by atoms with Crippen LogP contribution in [0.1, 0.15) is 38.2 Å². The number of aryl methyl sites for hydroxylation is 1. The van der Waals surface area contributed by atoms with Gasteiger partial charge in [0.2, 0.25) is 5.91 Å². The molecule has 2 heterocycles. The molecule has 0 aromatic carbocycles. The molecule has 1 N–H and O–H groups in total. The second-order valence-electron chi connectivity index (χ2n) is 5.09. The number of hydrogen-bond donors (Lipinski definition) is 1. The number of aromatic nitrogens is 4. The molecule has 0 aliphatic heterocycles. The molecular formula is C13H19N5O. The van der Waals surface area contributed by atoms with Gasteiger partial charge in [-0.25, -0.2) is 0 Å². The van der Waals surface area contributed by atoms with Crippen molar-refractivity contribution in [2.24, 2.45) is 5.92 Å². The highest BCUT2D eigenvalue weighted by molar-refractivity contribution is 5.72. The summed E-state index contributed by atoms with van der Waals surface area (Å²) in [5.74, 6) is 1.18. The van der Waals surface area contributed by atoms with Gasteiger partial charge in [0.15, 0.2) is 11.5 Å². The van der Waals surface area contributed by atoms with Crippen LogP contribution in [0.25, 0.3) is 5.65 Å². The van der Waals surface area contributed by atoms with Crippen LogP contribution < -0.4 is 5.32 Å². The van der Waals surface area contributed by atoms with Crippen molar-refractivity contribution < 1.29 is 4.79 Å². The lowest BCUT2D eigenvalue weighted by atomic mass is 9.95. The topological polar surface area (TPSA) is 72.2 Å². The number of amides is 1. The van der Waals surface area contributed by atoms with Crippen LogP contribution >= 0.6 is 0 Å². The van der Waals surface area contributed by atoms with Crippen molar-refractivity contribution in [3.05, 3.63) is 23.7 Å². The predicted octanol–water partition coefficient (Wildman–Crippen LogP) is 1.31. The van der Waals surface area contributed by atoms with Crippen molar-refractivity contribution in [2.75, 3.05) is 6.54 Å². The summed E-state index contributed by atoms with van der Waals surface area (Å²) in [5.41, 5.74) is 1.64. The van der Waals surface area contributed by atoms with Crippen LogP contribution in [0.3, 0.4) is 0 Å². The standard InChI is InChI=1S/C13H19N5O/c1-8(2)11(7-14-10(4)19)13-16-15-12-6-5-9(3)17-18(12)13/h5-6,8,11H,7H2,1-4H3,(H,14,19). The van der Waals surface area contributed by atoms with Gasteiger partial charge in [-0.05, 0) is 25.0 Å². The lowest BCUT2D eigenvalue weighted by molar-refractivity contribution is -0.119. The minimum absolute atomic E-state index is 0.0383. The van der Waals surface area contributed by atoms with Gasteiger partial charge in [-0.15, -0.1) is 10.2 Å². The number of nitrogens with one attached hydrogen (secondary N) is 1. The zero-order chi connectivity index (χ0) is 14.0. The van der Waals surface area contributed by atoms with E-state index in [2.05, 4.69) is 34.5 Å². The lowest BCUT2D eigenvalue weighted by Gasteiger charge is -2.18. The van der Waals surface area contributed by atoms with Gasteiger partial charge in [-0.1, -0.05) is 13.8 Å². The summed E-state index contributed by atoms with van der Waals surface area (Å²) in [7, 11) is 0. The maximum atomic E-state index is 11.1. The van der Waals surface area contributed by atoms with E-state index in [-0.39, 0.29) is 11.8 Å². The molecule has 2 aromatic heterocycles. The number of fused-ring (bicyclic) bond motifs is 1. The Kier molecular flexibility index (Phi) is 3.78. The summed E-state index contributed by atoms with van der Waals surface area (Å²) in [4.78, 5) is 11.1. The Morgan fingerprint density at radius 3 is 2.74 bits per heavy atom. The van der Waals surface area contributed by atoms with Gasteiger partial charge in [0.05, 0.1) is 5.69 Å². The second-order valence-corrected chi connectivity index (χ2v) is 5.09. The molecule has 0 aliphatic rings. The largest absolute Gasteiger partial charge is 0.356 e. The Morgan fingerprint density at radius 1 is 1.37 bits per heavy atom. The fourth-order valence-corrected chi connectivity index (χ4v) is 2.01. The van der Waals surface area contributed by atoms with Crippen LogP contribution in [0.15, 0.2) is 12.1 Å². The highest BCUT2D eigenvalue weighted by atomic mass is 16.1. The number of carbonyl (C=O) groups excluding carboxylic acids is 1. The van der Waals surface area contributed by atoms with Gasteiger partial charge < -0.3 is 5.32 Å². The molecule has 1 unspecified atom stereocenters. The van der Waals surface area contributed by atoms with E-state index in [0.29, 0.717) is 12.5 Å². The molecule has 0 radical (unpaired) electrons. The van der Waals surface area contributed by atoms with Crippen LogP contribution in [0.4, 0.5) is 0 Å². The maximum absolute atomic E-state index is 11.1. The molecule has 102 valence electrons. The molecule has 0 fully saturated rings. The van der Waals surface area contributed by atoms with Crippen molar-refractivity contribution in [1.82, 2.24) is 25.1 Å². The minimum atomic E-state index is -0.0383. The van der Waals surface area contributed by atoms with Gasteiger partial charge in [-0.3, -0.25) is 4.79 Å². The third-order valence-electron chi connectivity index (χ3n) is 3.13. The van der Waals surface area contributed by atoms with Gasteiger partial charge in [0.25, 0.3) is 0 Å². The van der Waals surface area contributed by atoms with Crippen LogP contribution in [0.2, 0.25) is 0 Å². The highest BCUT2D eigenvalue weighted by Crippen LogP contribution is 2.22. The van der Waals surface area contributed by atoms with E-state index >= 15 is 0 Å². The summed E-state index contributed by atoms with van der Waals surface area (Å²) < 4.78 is 1.77. The highest BCUT2D eigenvalue weighted by Gasteiger charge is 2.22. The molecule has 19 heavy (non-hydrogen) atoms. The van der Waals surface area contributed by atoms with Gasteiger partial charge in [-0.2, -0.15) is 9.61 Å². The Labute approximate surface area is 112 Å². The molecule has 0 saturated carbocycles. The number of nitrogens with zero attached hydrogens (tertiary/aromatic N) is 4. The first-order valence-electron chi connectivity index (χ1n) is 6.42. The van der Waals surface area contributed by atoms with E-state index in [4.69, 9.17) is 0 Å². The third-order valence-corrected chi connectivity index (χ3v) is 3.13. The molecule has 1 atom stereocenters. The molecule has 0 aliphatic carbocycles. The van der Waals surface area contributed by atoms with E-state index in [1.54, 1.807) is 4.52 Å². The van der Waals surface area contributed by atoms with E-state index in [1.165, 1.54) is 6.92 Å². The van der Waals surface area contributed by atoms with Crippen molar-refractivity contribution >= 4 is 11.6 Å². The van der Waals surface area contributed by atoms with E-state index < -0.39 is 0 Å². The van der Waals surface area contributed by atoms with Crippen molar-refractivity contribution in [1.29, 1.82) is 0 Å². The Hall–Kier alpha value is -1.98. The third kappa shape index (κ3) is 2.89. The quantitative estimate of drug-likeness (QED) is 0.900. The Morgan fingerprint density at radius 2 is 2.11 bits per heavy atom. The smallest absolute Gasteiger partial charge is 0.216 e. The number of carbonyl (C=O) groups is 1. The molecule has 0 saturated heterocycles. The van der Waals surface area contributed by atoms with Crippen LogP contribution in [-0.2, 0) is 4.79 Å². The number of rotatable bonds is 4. The second kappa shape index (κ2) is 5.34. The molecular weight excluding hydrogens is 242 g/mol. The molecule has 2 rings (SSSR count). The summed E-state index contributed by atoms with van der Waals surface area (Å²) in [6.45, 7) is 8.19. The molecule has 0 spiro atoms. The van der Waals surface area contributed by atoms with Crippen molar-refractivity contribution in [3.63, 3.8) is 0 Å². The Bertz CT molecular complexity index is 590. The van der Waals surface area contributed by atoms with Crippen LogP contribution in [0.5, 0.6) is 0 Å². The average molecular weight is 261 g/mol. The van der Waals surface area contributed by atoms with Gasteiger partial charge in [0.1, 0.15) is 0 Å². The summed E-state index contributed by atoms with van der Waals surface area (Å²) in [6, 6.07) is 3.81. The Balaban J connectivity index is 2.38. The van der Waals surface area contributed by atoms with Crippen LogP contribution in [-0.4, -0.2) is 32.3 Å². The molecule has 1 amide bonds. The first-order chi connectivity index (χ1) is 8.99.